The van der Waals surface area contributed by atoms with Crippen molar-refractivity contribution in [2.75, 3.05) is 13.7 Å². The molecule has 0 atom stereocenters. The topological polar surface area (TPSA) is 221 Å². The van der Waals surface area contributed by atoms with Crippen LogP contribution >= 0.6 is 0 Å². The van der Waals surface area contributed by atoms with Gasteiger partial charge >= 0.3 is 36.5 Å². The van der Waals surface area contributed by atoms with E-state index in [1.165, 1.54) is 39.1 Å². The largest absolute Gasteiger partial charge is 0.465 e. The number of methoxy groups -OCH3 is 1. The van der Waals surface area contributed by atoms with E-state index in [1.807, 2.05) is 6.92 Å². The smallest absolute Gasteiger partial charge is 0.435 e. The van der Waals surface area contributed by atoms with Crippen LogP contribution in [-0.4, -0.2) is 83.9 Å². The molecule has 52 heavy (non-hydrogen) atoms. The number of alkyl halides is 5. The number of carbonyl (C=O) groups excluding carboxylic acids is 2. The van der Waals surface area contributed by atoms with Gasteiger partial charge in [-0.3, -0.25) is 0 Å². The third kappa shape index (κ3) is 9.62. The Bertz CT molecular complexity index is 2120. The Balaban J connectivity index is 0.000000281. The second-order valence-electron chi connectivity index (χ2n) is 11.2. The number of amides is 1. The molecule has 0 bridgehead atoms. The molecule has 18 nitrogen and oxygen atoms in total. The molecule has 0 unspecified atom stereocenters. The molecule has 1 N–H and O–H groups in total. The third-order valence-electron chi connectivity index (χ3n) is 6.59. The zero-order valence-corrected chi connectivity index (χ0v) is 29.7. The van der Waals surface area contributed by atoms with Crippen LogP contribution < -0.4 is 19.9 Å². The Kier molecular flexibility index (Phi) is 12.5. The molecule has 1 amide bonds. The van der Waals surface area contributed by atoms with Crippen molar-refractivity contribution in [2.45, 2.75) is 62.7 Å². The SMILES string of the molecule is CCCOc1nn(C(=O)NS(=O)(=O)c2ccccc2C(=O)OC)c(=O)n1C.Cn1nc(C(F)(F)F)c(CS(=O)(=O)C2=NOC(C)(C)C2)c1OC(F)F. The van der Waals surface area contributed by atoms with Gasteiger partial charge in [-0.05, 0) is 32.4 Å². The van der Waals surface area contributed by atoms with Gasteiger partial charge in [0.25, 0.3) is 10.0 Å². The van der Waals surface area contributed by atoms with Crippen molar-refractivity contribution in [2.24, 2.45) is 19.3 Å². The minimum absolute atomic E-state index is 0.135. The summed E-state index contributed by atoms with van der Waals surface area (Å²) in [7, 11) is -5.50. The summed E-state index contributed by atoms with van der Waals surface area (Å²) in [5.74, 6) is -3.13. The minimum Gasteiger partial charge on any atom is -0.465 e. The average Bonchev–Trinajstić information content (AvgIpc) is 3.67. The summed E-state index contributed by atoms with van der Waals surface area (Å²) in [5.41, 5.74) is -4.72. The highest BCUT2D eigenvalue weighted by molar-refractivity contribution is 8.05. The minimum atomic E-state index is -5.06. The van der Waals surface area contributed by atoms with Gasteiger partial charge in [-0.2, -0.15) is 27.1 Å². The number of aryl methyl sites for hydroxylation is 1. The summed E-state index contributed by atoms with van der Waals surface area (Å²) in [6, 6.07) is 3.71. The maximum Gasteiger partial charge on any atom is 0.435 e. The second-order valence-corrected chi connectivity index (χ2v) is 14.8. The van der Waals surface area contributed by atoms with Crippen LogP contribution in [-0.2, 0) is 55.5 Å². The molecule has 25 heteroatoms. The maximum absolute atomic E-state index is 13.1. The standard InChI is InChI=1S/C15H18N4O7S.C12H14F5N3O4S/c1-4-9-26-14-16-19(15(22)18(14)2)13(21)17-27(23,24)11-8-6-5-7-10(11)12(20)25-3;1-11(2)4-7(19-24-11)25(21,22)5-6-8(12(15,16)17)18-20(3)9(6)23-10(13)14/h5-8H,4,9H2,1-3H3,(H,17,21);10H,4-5H2,1-3H3. The van der Waals surface area contributed by atoms with Crippen molar-refractivity contribution < 1.29 is 67.4 Å². The molecular formula is C27H32F5N7O11S2. The Morgan fingerprint density at radius 1 is 1.10 bits per heavy atom. The lowest BCUT2D eigenvalue weighted by molar-refractivity contribution is -0.142. The van der Waals surface area contributed by atoms with Gasteiger partial charge in [-0.1, -0.05) is 24.2 Å². The van der Waals surface area contributed by atoms with Crippen molar-refractivity contribution >= 4 is 36.9 Å². The van der Waals surface area contributed by atoms with Crippen LogP contribution in [0.4, 0.5) is 26.7 Å². The van der Waals surface area contributed by atoms with E-state index in [0.717, 1.165) is 24.8 Å². The average molecular weight is 790 g/mol. The number of halogens is 5. The van der Waals surface area contributed by atoms with Crippen LogP contribution in [0.3, 0.4) is 0 Å². The van der Waals surface area contributed by atoms with Crippen LogP contribution in [0, 0.1) is 0 Å². The molecule has 0 aliphatic carbocycles. The second kappa shape index (κ2) is 15.7. The summed E-state index contributed by atoms with van der Waals surface area (Å²) >= 11 is 0. The first-order valence-electron chi connectivity index (χ1n) is 14.5. The van der Waals surface area contributed by atoms with E-state index in [2.05, 4.69) is 24.8 Å². The Morgan fingerprint density at radius 2 is 1.73 bits per heavy atom. The van der Waals surface area contributed by atoms with Crippen LogP contribution in [0.1, 0.15) is 55.2 Å². The fourth-order valence-electron chi connectivity index (χ4n) is 4.25. The molecule has 1 aromatic carbocycles. The van der Waals surface area contributed by atoms with E-state index in [9.17, 15) is 53.2 Å². The number of ether oxygens (including phenoxy) is 3. The summed E-state index contributed by atoms with van der Waals surface area (Å²) in [5, 5.41) is 9.65. The Morgan fingerprint density at radius 3 is 2.27 bits per heavy atom. The highest BCUT2D eigenvalue weighted by Crippen LogP contribution is 2.38. The number of sulfonamides is 1. The van der Waals surface area contributed by atoms with Gasteiger partial charge in [0, 0.05) is 20.5 Å². The van der Waals surface area contributed by atoms with Crippen LogP contribution in [0.15, 0.2) is 39.1 Å². The fraction of sp³-hybridized carbons (Fsp3) is 0.481. The number of esters is 1. The van der Waals surface area contributed by atoms with E-state index in [4.69, 9.17) is 9.57 Å². The lowest BCUT2D eigenvalue weighted by Gasteiger charge is -2.13. The third-order valence-corrected chi connectivity index (χ3v) is 9.58. The lowest BCUT2D eigenvalue weighted by atomic mass is 10.1. The summed E-state index contributed by atoms with van der Waals surface area (Å²) < 4.78 is 131. The van der Waals surface area contributed by atoms with Crippen molar-refractivity contribution in [3.05, 3.63) is 51.6 Å². The van der Waals surface area contributed by atoms with Crippen molar-refractivity contribution in [3.63, 3.8) is 0 Å². The zero-order chi connectivity index (χ0) is 39.4. The molecule has 4 rings (SSSR count). The number of hydrogen-bond donors (Lipinski definition) is 1. The Hall–Kier alpha value is -5.07. The molecule has 0 saturated carbocycles. The highest BCUT2D eigenvalue weighted by Gasteiger charge is 2.43. The van der Waals surface area contributed by atoms with Crippen molar-refractivity contribution in [3.8, 4) is 11.9 Å². The van der Waals surface area contributed by atoms with Crippen LogP contribution in [0.25, 0.3) is 0 Å². The monoisotopic (exact) mass is 789 g/mol. The lowest BCUT2D eigenvalue weighted by Crippen LogP contribution is -2.40. The highest BCUT2D eigenvalue weighted by atomic mass is 32.2. The van der Waals surface area contributed by atoms with Gasteiger partial charge in [0.05, 0.1) is 30.6 Å². The maximum atomic E-state index is 13.1. The number of rotatable bonds is 10. The molecule has 0 saturated heterocycles. The molecule has 3 heterocycles. The number of oxime groups is 1. The number of nitrogens with one attached hydrogen (secondary N) is 1. The number of sulfone groups is 1. The first kappa shape index (κ1) is 41.4. The van der Waals surface area contributed by atoms with E-state index >= 15 is 0 Å². The van der Waals surface area contributed by atoms with Gasteiger partial charge in [-0.15, -0.1) is 9.78 Å². The van der Waals surface area contributed by atoms with Crippen molar-refractivity contribution in [1.29, 1.82) is 0 Å². The Labute approximate surface area is 292 Å². The first-order chi connectivity index (χ1) is 24.0. The van der Waals surface area contributed by atoms with Crippen molar-refractivity contribution in [1.82, 2.24) is 28.9 Å². The molecule has 3 aromatic rings. The summed E-state index contributed by atoms with van der Waals surface area (Å²) in [6.45, 7) is 1.72. The quantitative estimate of drug-likeness (QED) is 0.231. The number of nitrogens with zero attached hydrogens (tertiary/aromatic N) is 6. The molecular weight excluding hydrogens is 757 g/mol. The number of aromatic nitrogens is 5. The molecule has 0 fully saturated rings. The molecule has 0 spiro atoms. The molecule has 0 radical (unpaired) electrons. The summed E-state index contributed by atoms with van der Waals surface area (Å²) in [6.07, 6.45) is -4.58. The van der Waals surface area contributed by atoms with E-state index in [-0.39, 0.29) is 24.6 Å². The van der Waals surface area contributed by atoms with Crippen LogP contribution in [0.5, 0.6) is 11.9 Å². The summed E-state index contributed by atoms with van der Waals surface area (Å²) in [4.78, 5) is 40.5. The number of carbonyl (C=O) groups is 2. The van der Waals surface area contributed by atoms with E-state index in [0.29, 0.717) is 15.8 Å². The van der Waals surface area contributed by atoms with Gasteiger partial charge < -0.3 is 19.0 Å². The van der Waals surface area contributed by atoms with E-state index < -0.39 is 88.8 Å². The van der Waals surface area contributed by atoms with Crippen LogP contribution in [0.2, 0.25) is 0 Å². The normalized spacial score (nSPS) is 14.2. The first-order valence-corrected chi connectivity index (χ1v) is 17.7. The fourth-order valence-corrected chi connectivity index (χ4v) is 6.90. The van der Waals surface area contributed by atoms with Gasteiger partial charge in [0.15, 0.2) is 20.6 Å². The number of benzene rings is 1. The number of hydrogen-bond acceptors (Lipinski definition) is 14. The molecule has 2 aromatic heterocycles. The van der Waals surface area contributed by atoms with Gasteiger partial charge in [-0.25, -0.2) is 45.2 Å². The van der Waals surface area contributed by atoms with Gasteiger partial charge in [0.1, 0.15) is 10.5 Å². The van der Waals surface area contributed by atoms with Gasteiger partial charge in [0.2, 0.25) is 5.88 Å². The molecule has 288 valence electrons. The predicted octanol–water partition coefficient (Wildman–Crippen LogP) is 2.57. The van der Waals surface area contributed by atoms with E-state index in [1.54, 1.807) is 4.72 Å². The predicted molar refractivity (Wildman–Crippen MR) is 167 cm³/mol. The molecule has 1 aliphatic heterocycles. The molecule has 1 aliphatic rings. The zero-order valence-electron chi connectivity index (χ0n) is 28.1.